The summed E-state index contributed by atoms with van der Waals surface area (Å²) in [5.41, 5.74) is 19.7. The molecule has 3 aliphatic carbocycles. The Kier molecular flexibility index (Phi) is 9.96. The van der Waals surface area contributed by atoms with E-state index in [0.29, 0.717) is 5.92 Å². The van der Waals surface area contributed by atoms with Crippen LogP contribution in [0.1, 0.15) is 62.6 Å². The van der Waals surface area contributed by atoms with Crippen molar-refractivity contribution in [3.05, 3.63) is 222 Å². The molecule has 3 aliphatic rings. The lowest BCUT2D eigenvalue weighted by atomic mass is 9.70. The minimum Gasteiger partial charge on any atom is -0.456 e. The number of furan rings is 1. The van der Waals surface area contributed by atoms with Crippen LogP contribution >= 0.6 is 0 Å². The summed E-state index contributed by atoms with van der Waals surface area (Å²) in [5, 5.41) is 2.33. The van der Waals surface area contributed by atoms with Gasteiger partial charge in [0, 0.05) is 33.3 Å². The Morgan fingerprint density at radius 1 is 0.587 bits per heavy atom. The lowest BCUT2D eigenvalue weighted by Crippen LogP contribution is -2.24. The van der Waals surface area contributed by atoms with E-state index in [4.69, 9.17) is 4.42 Å². The van der Waals surface area contributed by atoms with Crippen molar-refractivity contribution < 1.29 is 4.42 Å². The number of rotatable bonds is 9. The fraction of sp³-hybridized carbons (Fsp3) is 0.180. The smallest absolute Gasteiger partial charge is 0.135 e. The van der Waals surface area contributed by atoms with Crippen molar-refractivity contribution in [3.8, 4) is 33.4 Å². The molecule has 2 unspecified atom stereocenters. The van der Waals surface area contributed by atoms with Crippen molar-refractivity contribution in [3.63, 3.8) is 0 Å². The second-order valence-corrected chi connectivity index (χ2v) is 18.3. The summed E-state index contributed by atoms with van der Waals surface area (Å²) < 4.78 is 6.19. The average Bonchev–Trinajstić information content (AvgIpc) is 3.69. The first-order valence-electron chi connectivity index (χ1n) is 22.9. The first-order valence-corrected chi connectivity index (χ1v) is 22.9. The van der Waals surface area contributed by atoms with Gasteiger partial charge in [-0.25, -0.2) is 0 Å². The zero-order valence-electron chi connectivity index (χ0n) is 36.5. The molecule has 11 rings (SSSR count). The number of aryl methyl sites for hydroxylation is 1. The topological polar surface area (TPSA) is 16.4 Å². The number of allylic oxidation sites excluding steroid dienone is 7. The zero-order chi connectivity index (χ0) is 42.5. The summed E-state index contributed by atoms with van der Waals surface area (Å²) in [6.45, 7) is 7.05. The van der Waals surface area contributed by atoms with E-state index < -0.39 is 0 Å². The average molecular weight is 816 g/mol. The molecule has 0 aliphatic heterocycles. The molecular weight excluding hydrogens is 763 g/mol. The van der Waals surface area contributed by atoms with Gasteiger partial charge in [-0.15, -0.1) is 0 Å². The number of hydrogen-bond donors (Lipinski definition) is 0. The molecule has 7 aromatic carbocycles. The molecule has 63 heavy (non-hydrogen) atoms. The van der Waals surface area contributed by atoms with Crippen LogP contribution in [0.2, 0.25) is 0 Å². The fourth-order valence-corrected chi connectivity index (χ4v) is 10.3. The molecule has 0 saturated heterocycles. The number of hydrogen-bond acceptors (Lipinski definition) is 2. The van der Waals surface area contributed by atoms with Crippen LogP contribution < -0.4 is 4.90 Å². The van der Waals surface area contributed by atoms with Gasteiger partial charge in [-0.3, -0.25) is 0 Å². The number of para-hydroxylation sites is 1. The highest BCUT2D eigenvalue weighted by atomic mass is 16.3. The molecule has 0 radical (unpaired) electrons. The van der Waals surface area contributed by atoms with E-state index in [1.54, 1.807) is 5.57 Å². The van der Waals surface area contributed by atoms with E-state index >= 15 is 0 Å². The van der Waals surface area contributed by atoms with Crippen molar-refractivity contribution in [2.45, 2.75) is 58.3 Å². The standard InChI is InChI=1S/C61H53NO/c1-41-22-23-49(39-56(41)55-20-9-12-42(2)60(55)46-15-10-16-46)45-26-31-52(32-27-45)62(51-29-24-44(25-30-51)48-18-11-17-47(38-48)43-13-5-4-6-14-43)53-34-36-61(3,37-35-53)50-28-33-59-57(40-50)54-19-7-8-21-58(54)63-59/h4-9,11,13-14,17-36,38-40,42,46H,10,12,15-16,37H2,1-3H3. The second-order valence-electron chi connectivity index (χ2n) is 18.3. The molecular formula is C61H53NO. The third-order valence-electron chi connectivity index (χ3n) is 14.2. The summed E-state index contributed by atoms with van der Waals surface area (Å²) in [7, 11) is 0. The van der Waals surface area contributed by atoms with Crippen molar-refractivity contribution in [1.82, 2.24) is 0 Å². The quantitative estimate of drug-likeness (QED) is 0.144. The maximum Gasteiger partial charge on any atom is 0.135 e. The Hall–Kier alpha value is -6.90. The Morgan fingerprint density at radius 2 is 1.22 bits per heavy atom. The van der Waals surface area contributed by atoms with Crippen molar-refractivity contribution >= 4 is 38.9 Å². The van der Waals surface area contributed by atoms with Gasteiger partial charge in [-0.1, -0.05) is 159 Å². The first-order chi connectivity index (χ1) is 30.9. The predicted molar refractivity (Wildman–Crippen MR) is 266 cm³/mol. The molecule has 0 N–H and O–H groups in total. The molecule has 2 heteroatoms. The van der Waals surface area contributed by atoms with Crippen LogP contribution in [0.15, 0.2) is 210 Å². The van der Waals surface area contributed by atoms with Gasteiger partial charge in [0.15, 0.2) is 0 Å². The maximum atomic E-state index is 6.19. The lowest BCUT2D eigenvalue weighted by molar-refractivity contribution is 0.340. The summed E-state index contributed by atoms with van der Waals surface area (Å²) >= 11 is 0. The molecule has 1 fully saturated rings. The summed E-state index contributed by atoms with van der Waals surface area (Å²) in [6.07, 6.45) is 18.0. The molecule has 1 aromatic heterocycles. The number of anilines is 2. The number of nitrogens with zero attached hydrogens (tertiary/aromatic N) is 1. The van der Waals surface area contributed by atoms with E-state index in [-0.39, 0.29) is 5.41 Å². The minimum atomic E-state index is -0.165. The minimum absolute atomic E-state index is 0.165. The largest absolute Gasteiger partial charge is 0.456 e. The highest BCUT2D eigenvalue weighted by Crippen LogP contribution is 2.46. The molecule has 1 heterocycles. The molecule has 1 saturated carbocycles. The van der Waals surface area contributed by atoms with Crippen LogP contribution in [-0.2, 0) is 5.41 Å². The Balaban J connectivity index is 0.939. The van der Waals surface area contributed by atoms with Crippen molar-refractivity contribution in [1.29, 1.82) is 0 Å². The van der Waals surface area contributed by atoms with E-state index in [9.17, 15) is 0 Å². The van der Waals surface area contributed by atoms with Crippen LogP contribution in [0.25, 0.3) is 60.9 Å². The second kappa shape index (κ2) is 16.1. The third-order valence-corrected chi connectivity index (χ3v) is 14.2. The highest BCUT2D eigenvalue weighted by molar-refractivity contribution is 6.05. The maximum absolute atomic E-state index is 6.19. The van der Waals surface area contributed by atoms with Gasteiger partial charge in [0.05, 0.1) is 0 Å². The van der Waals surface area contributed by atoms with Crippen LogP contribution in [-0.4, -0.2) is 0 Å². The van der Waals surface area contributed by atoms with Crippen LogP contribution in [0.5, 0.6) is 0 Å². The predicted octanol–water partition coefficient (Wildman–Crippen LogP) is 17.0. The first kappa shape index (κ1) is 39.0. The van der Waals surface area contributed by atoms with E-state index in [0.717, 1.165) is 46.7 Å². The lowest BCUT2D eigenvalue weighted by Gasteiger charge is -2.35. The molecule has 8 aromatic rings. The van der Waals surface area contributed by atoms with Gasteiger partial charge >= 0.3 is 0 Å². The van der Waals surface area contributed by atoms with Crippen LogP contribution in [0.4, 0.5) is 11.4 Å². The molecule has 308 valence electrons. The molecule has 2 atom stereocenters. The SMILES string of the molecule is Cc1ccc(-c2ccc(N(C3=CCC(C)(c4ccc5oc6ccccc6c5c4)C=C3)c3ccc(-c4cccc(-c5ccccc5)c4)cc3)cc2)cc1C1=C(C2CCC2)C(C)CC=C1. The molecule has 0 spiro atoms. The van der Waals surface area contributed by atoms with Gasteiger partial charge in [0.1, 0.15) is 11.2 Å². The van der Waals surface area contributed by atoms with Crippen molar-refractivity contribution in [2.24, 2.45) is 11.8 Å². The zero-order valence-corrected chi connectivity index (χ0v) is 36.5. The van der Waals surface area contributed by atoms with Gasteiger partial charge in [-0.2, -0.15) is 0 Å². The van der Waals surface area contributed by atoms with Crippen LogP contribution in [0, 0.1) is 18.8 Å². The molecule has 0 amide bonds. The van der Waals surface area contributed by atoms with Gasteiger partial charge in [0.25, 0.3) is 0 Å². The van der Waals surface area contributed by atoms with E-state index in [1.807, 2.05) is 6.07 Å². The Bertz CT molecular complexity index is 3120. The Morgan fingerprint density at radius 3 is 1.90 bits per heavy atom. The summed E-state index contributed by atoms with van der Waals surface area (Å²) in [6, 6.07) is 59.9. The monoisotopic (exact) mass is 815 g/mol. The van der Waals surface area contributed by atoms with Gasteiger partial charge < -0.3 is 9.32 Å². The van der Waals surface area contributed by atoms with E-state index in [1.165, 1.54) is 86.0 Å². The van der Waals surface area contributed by atoms with Crippen molar-refractivity contribution in [2.75, 3.05) is 4.90 Å². The number of benzene rings is 7. The molecule has 0 bridgehead atoms. The third kappa shape index (κ3) is 7.28. The van der Waals surface area contributed by atoms with E-state index in [2.05, 4.69) is 214 Å². The number of fused-ring (bicyclic) bond motifs is 3. The molecule has 2 nitrogen and oxygen atoms in total. The summed E-state index contributed by atoms with van der Waals surface area (Å²) in [4.78, 5) is 2.42. The normalized spacial score (nSPS) is 18.8. The summed E-state index contributed by atoms with van der Waals surface area (Å²) in [5.74, 6) is 1.35. The highest BCUT2D eigenvalue weighted by Gasteiger charge is 2.30. The van der Waals surface area contributed by atoms with Gasteiger partial charge in [-0.05, 0) is 161 Å². The van der Waals surface area contributed by atoms with Crippen LogP contribution in [0.3, 0.4) is 0 Å². The Labute approximate surface area is 372 Å². The fourth-order valence-electron chi connectivity index (χ4n) is 10.3. The van der Waals surface area contributed by atoms with Gasteiger partial charge in [0.2, 0.25) is 0 Å².